The van der Waals surface area contributed by atoms with Crippen LogP contribution in [-0.2, 0) is 16.1 Å². The highest BCUT2D eigenvalue weighted by Gasteiger charge is 2.02. The summed E-state index contributed by atoms with van der Waals surface area (Å²) in [7, 11) is 1.65. The SMILES string of the molecule is COCCCNC(=O)CNc1cccc(OCc2ccccc2)c1. The zero-order valence-electron chi connectivity index (χ0n) is 14.0. The lowest BCUT2D eigenvalue weighted by Gasteiger charge is -2.10. The Bertz CT molecular complexity index is 617. The maximum atomic E-state index is 11.7. The normalized spacial score (nSPS) is 10.2. The van der Waals surface area contributed by atoms with E-state index in [0.717, 1.165) is 23.4 Å². The van der Waals surface area contributed by atoms with Gasteiger partial charge >= 0.3 is 0 Å². The largest absolute Gasteiger partial charge is 0.489 e. The van der Waals surface area contributed by atoms with E-state index < -0.39 is 0 Å². The number of anilines is 1. The molecule has 128 valence electrons. The molecule has 2 rings (SSSR count). The molecule has 5 heteroatoms. The molecule has 2 N–H and O–H groups in total. The first-order valence-electron chi connectivity index (χ1n) is 8.04. The monoisotopic (exact) mass is 328 g/mol. The van der Waals surface area contributed by atoms with Crippen LogP contribution in [0.15, 0.2) is 54.6 Å². The van der Waals surface area contributed by atoms with Crippen LogP contribution in [0, 0.1) is 0 Å². The first-order valence-corrected chi connectivity index (χ1v) is 8.04. The summed E-state index contributed by atoms with van der Waals surface area (Å²) in [6.45, 7) is 2.02. The van der Waals surface area contributed by atoms with Crippen LogP contribution in [0.3, 0.4) is 0 Å². The third-order valence-corrected chi connectivity index (χ3v) is 3.38. The minimum atomic E-state index is -0.0401. The fourth-order valence-electron chi connectivity index (χ4n) is 2.13. The number of hydrogen-bond donors (Lipinski definition) is 2. The lowest BCUT2D eigenvalue weighted by atomic mass is 10.2. The molecule has 0 aromatic heterocycles. The van der Waals surface area contributed by atoms with Gasteiger partial charge in [0.1, 0.15) is 12.4 Å². The maximum absolute atomic E-state index is 11.7. The molecule has 0 heterocycles. The zero-order valence-corrected chi connectivity index (χ0v) is 14.0. The number of hydrogen-bond acceptors (Lipinski definition) is 4. The smallest absolute Gasteiger partial charge is 0.239 e. The van der Waals surface area contributed by atoms with Gasteiger partial charge in [-0.05, 0) is 24.1 Å². The Balaban J connectivity index is 1.75. The van der Waals surface area contributed by atoms with Gasteiger partial charge in [-0.1, -0.05) is 36.4 Å². The summed E-state index contributed by atoms with van der Waals surface area (Å²) < 4.78 is 10.7. The number of carbonyl (C=O) groups excluding carboxylic acids is 1. The number of rotatable bonds is 10. The highest BCUT2D eigenvalue weighted by atomic mass is 16.5. The van der Waals surface area contributed by atoms with Gasteiger partial charge in [-0.2, -0.15) is 0 Å². The molecule has 0 saturated carbocycles. The molecule has 0 spiro atoms. The molecule has 0 fully saturated rings. The second kappa shape index (κ2) is 10.3. The van der Waals surface area contributed by atoms with Crippen LogP contribution >= 0.6 is 0 Å². The Kier molecular flexibility index (Phi) is 7.63. The predicted molar refractivity (Wildman–Crippen MR) is 95.2 cm³/mol. The predicted octanol–water partition coefficient (Wildman–Crippen LogP) is 2.83. The summed E-state index contributed by atoms with van der Waals surface area (Å²) in [5, 5.41) is 5.94. The molecule has 2 aromatic carbocycles. The zero-order chi connectivity index (χ0) is 17.0. The van der Waals surface area contributed by atoms with Crippen molar-refractivity contribution in [1.29, 1.82) is 0 Å². The van der Waals surface area contributed by atoms with Crippen molar-refractivity contribution in [3.63, 3.8) is 0 Å². The van der Waals surface area contributed by atoms with Crippen LogP contribution in [0.2, 0.25) is 0 Å². The van der Waals surface area contributed by atoms with E-state index in [9.17, 15) is 4.79 Å². The molecule has 0 radical (unpaired) electrons. The molecule has 5 nitrogen and oxygen atoms in total. The Morgan fingerprint density at radius 1 is 1.08 bits per heavy atom. The topological polar surface area (TPSA) is 59.6 Å². The molecule has 0 aliphatic heterocycles. The van der Waals surface area contributed by atoms with Crippen molar-refractivity contribution in [2.75, 3.05) is 32.1 Å². The Hall–Kier alpha value is -2.53. The van der Waals surface area contributed by atoms with Crippen LogP contribution in [0.5, 0.6) is 5.75 Å². The van der Waals surface area contributed by atoms with Crippen molar-refractivity contribution >= 4 is 11.6 Å². The molecule has 0 saturated heterocycles. The molecule has 0 aliphatic carbocycles. The molecule has 0 bridgehead atoms. The first-order chi connectivity index (χ1) is 11.8. The van der Waals surface area contributed by atoms with E-state index in [1.54, 1.807) is 7.11 Å². The maximum Gasteiger partial charge on any atom is 0.239 e. The van der Waals surface area contributed by atoms with Gasteiger partial charge in [0.15, 0.2) is 0 Å². The quantitative estimate of drug-likeness (QED) is 0.659. The van der Waals surface area contributed by atoms with Crippen molar-refractivity contribution < 1.29 is 14.3 Å². The van der Waals surface area contributed by atoms with E-state index >= 15 is 0 Å². The fraction of sp³-hybridized carbons (Fsp3) is 0.316. The van der Waals surface area contributed by atoms with Gasteiger partial charge in [0.2, 0.25) is 5.91 Å². The number of benzene rings is 2. The lowest BCUT2D eigenvalue weighted by molar-refractivity contribution is -0.119. The van der Waals surface area contributed by atoms with Crippen LogP contribution in [0.25, 0.3) is 0 Å². The molecule has 0 aliphatic rings. The third kappa shape index (κ3) is 6.71. The summed E-state index contributed by atoms with van der Waals surface area (Å²) in [5.74, 6) is 0.728. The van der Waals surface area contributed by atoms with E-state index in [1.165, 1.54) is 0 Å². The van der Waals surface area contributed by atoms with Gasteiger partial charge in [0.25, 0.3) is 0 Å². The van der Waals surface area contributed by atoms with Crippen LogP contribution in [0.4, 0.5) is 5.69 Å². The van der Waals surface area contributed by atoms with E-state index in [1.807, 2.05) is 54.6 Å². The summed E-state index contributed by atoms with van der Waals surface area (Å²) in [6.07, 6.45) is 0.811. The van der Waals surface area contributed by atoms with Crippen LogP contribution < -0.4 is 15.4 Å². The van der Waals surface area contributed by atoms with Gasteiger partial charge in [0.05, 0.1) is 6.54 Å². The highest BCUT2D eigenvalue weighted by molar-refractivity contribution is 5.80. The molecular weight excluding hydrogens is 304 g/mol. The Labute approximate surface area is 143 Å². The van der Waals surface area contributed by atoms with Gasteiger partial charge in [0, 0.05) is 32.0 Å². The van der Waals surface area contributed by atoms with E-state index in [2.05, 4.69) is 10.6 Å². The standard InChI is InChI=1S/C19H24N2O3/c1-23-12-6-11-20-19(22)14-21-17-9-5-10-18(13-17)24-15-16-7-3-2-4-8-16/h2-5,7-10,13,21H,6,11-12,14-15H2,1H3,(H,20,22). The van der Waals surface area contributed by atoms with Gasteiger partial charge in [-0.15, -0.1) is 0 Å². The molecule has 24 heavy (non-hydrogen) atoms. The minimum absolute atomic E-state index is 0.0401. The first kappa shape index (κ1) is 17.8. The summed E-state index contributed by atoms with van der Waals surface area (Å²) in [4.78, 5) is 11.7. The van der Waals surface area contributed by atoms with E-state index in [0.29, 0.717) is 19.8 Å². The highest BCUT2D eigenvalue weighted by Crippen LogP contribution is 2.18. The van der Waals surface area contributed by atoms with Crippen molar-refractivity contribution in [2.45, 2.75) is 13.0 Å². The van der Waals surface area contributed by atoms with E-state index in [4.69, 9.17) is 9.47 Å². The van der Waals surface area contributed by atoms with Gasteiger partial charge < -0.3 is 20.1 Å². The van der Waals surface area contributed by atoms with Crippen molar-refractivity contribution in [3.8, 4) is 5.75 Å². The van der Waals surface area contributed by atoms with Crippen molar-refractivity contribution in [3.05, 3.63) is 60.2 Å². The van der Waals surface area contributed by atoms with Crippen LogP contribution in [-0.4, -0.2) is 32.7 Å². The molecule has 1 amide bonds. The lowest BCUT2D eigenvalue weighted by Crippen LogP contribution is -2.31. The van der Waals surface area contributed by atoms with Crippen molar-refractivity contribution in [2.24, 2.45) is 0 Å². The molecule has 0 unspecified atom stereocenters. The number of nitrogens with one attached hydrogen (secondary N) is 2. The number of amides is 1. The second-order valence-electron chi connectivity index (χ2n) is 5.35. The Morgan fingerprint density at radius 2 is 1.92 bits per heavy atom. The fourth-order valence-corrected chi connectivity index (χ4v) is 2.13. The summed E-state index contributed by atoms with van der Waals surface area (Å²) in [6, 6.07) is 17.6. The van der Waals surface area contributed by atoms with Gasteiger partial charge in [-0.25, -0.2) is 0 Å². The van der Waals surface area contributed by atoms with E-state index in [-0.39, 0.29) is 12.5 Å². The molecular formula is C19H24N2O3. The molecule has 0 atom stereocenters. The summed E-state index contributed by atoms with van der Waals surface area (Å²) in [5.41, 5.74) is 1.97. The van der Waals surface area contributed by atoms with Crippen LogP contribution in [0.1, 0.15) is 12.0 Å². The Morgan fingerprint density at radius 3 is 2.71 bits per heavy atom. The van der Waals surface area contributed by atoms with Gasteiger partial charge in [-0.3, -0.25) is 4.79 Å². The third-order valence-electron chi connectivity index (χ3n) is 3.38. The number of ether oxygens (including phenoxy) is 2. The number of methoxy groups -OCH3 is 1. The molecule has 2 aromatic rings. The summed E-state index contributed by atoms with van der Waals surface area (Å²) >= 11 is 0. The average Bonchev–Trinajstić information content (AvgIpc) is 2.63. The number of carbonyl (C=O) groups is 1. The van der Waals surface area contributed by atoms with Crippen molar-refractivity contribution in [1.82, 2.24) is 5.32 Å². The minimum Gasteiger partial charge on any atom is -0.489 e. The average molecular weight is 328 g/mol. The second-order valence-corrected chi connectivity index (χ2v) is 5.35.